The summed E-state index contributed by atoms with van der Waals surface area (Å²) in [5.41, 5.74) is 9.36. The molecule has 0 bridgehead atoms. The van der Waals surface area contributed by atoms with Crippen molar-refractivity contribution in [3.05, 3.63) is 99.8 Å². The summed E-state index contributed by atoms with van der Waals surface area (Å²) in [6.07, 6.45) is 3.11. The van der Waals surface area contributed by atoms with E-state index in [2.05, 4.69) is 27.4 Å². The number of carbonyl (C=O) groups excluding carboxylic acids is 1. The number of primary amides is 1. The van der Waals surface area contributed by atoms with Gasteiger partial charge in [0.2, 0.25) is 5.91 Å². The maximum atomic E-state index is 12.3. The van der Waals surface area contributed by atoms with Crippen LogP contribution in [-0.4, -0.2) is 49.3 Å². The van der Waals surface area contributed by atoms with Crippen LogP contribution in [0.5, 0.6) is 0 Å². The molecule has 1 saturated heterocycles. The Kier molecular flexibility index (Phi) is 8.24. The summed E-state index contributed by atoms with van der Waals surface area (Å²) in [6.45, 7) is 1.22. The minimum absolute atomic E-state index is 0.0366. The molecule has 4 aromatic rings. The Morgan fingerprint density at radius 1 is 0.947 bits per heavy atom. The molecule has 3 aromatic carbocycles. The summed E-state index contributed by atoms with van der Waals surface area (Å²) in [4.78, 5) is 20.2. The number of fused-ring (bicyclic) bond motifs is 1. The van der Waals surface area contributed by atoms with Gasteiger partial charge in [0.15, 0.2) is 0 Å². The van der Waals surface area contributed by atoms with Gasteiger partial charge in [0.25, 0.3) is 0 Å². The average molecular weight is 569 g/mol. The van der Waals surface area contributed by atoms with Gasteiger partial charge in [-0.05, 0) is 65.9 Å². The van der Waals surface area contributed by atoms with E-state index in [1.807, 2.05) is 58.9 Å². The second kappa shape index (κ2) is 11.8. The predicted octanol–water partition coefficient (Wildman–Crippen LogP) is 5.14. The molecule has 0 aliphatic carbocycles. The molecule has 1 aromatic heterocycles. The minimum atomic E-state index is -1.38. The van der Waals surface area contributed by atoms with Crippen molar-refractivity contribution in [2.75, 3.05) is 24.2 Å². The summed E-state index contributed by atoms with van der Waals surface area (Å²) in [6, 6.07) is 22.2. The van der Waals surface area contributed by atoms with E-state index in [1.165, 1.54) is 0 Å². The summed E-state index contributed by atoms with van der Waals surface area (Å²) < 4.78 is 14.1. The number of aromatic nitrogens is 2. The number of nitrogens with zero attached hydrogens (tertiary/aromatic N) is 3. The van der Waals surface area contributed by atoms with Crippen molar-refractivity contribution in [1.82, 2.24) is 14.3 Å². The third-order valence-electron chi connectivity index (χ3n) is 6.75. The van der Waals surface area contributed by atoms with Crippen LogP contribution in [0, 0.1) is 0 Å². The number of amides is 1. The third kappa shape index (κ3) is 6.15. The zero-order valence-corrected chi connectivity index (χ0v) is 22.8. The highest BCUT2D eigenvalue weighted by molar-refractivity contribution is 7.83. The van der Waals surface area contributed by atoms with E-state index in [-0.39, 0.29) is 17.7 Å². The van der Waals surface area contributed by atoms with Crippen LogP contribution in [0.4, 0.5) is 5.82 Å². The quantitative estimate of drug-likeness (QED) is 0.287. The van der Waals surface area contributed by atoms with Crippen molar-refractivity contribution in [2.24, 2.45) is 5.73 Å². The Hall–Kier alpha value is -3.04. The van der Waals surface area contributed by atoms with Crippen LogP contribution in [0.3, 0.4) is 0 Å². The molecule has 10 heteroatoms. The van der Waals surface area contributed by atoms with Crippen molar-refractivity contribution in [1.29, 1.82) is 0 Å². The maximum Gasteiger partial charge on any atom is 0.231 e. The number of hydrogen-bond donors (Lipinski definition) is 2. The molecule has 2 heterocycles. The fourth-order valence-corrected chi connectivity index (χ4v) is 6.16. The monoisotopic (exact) mass is 567 g/mol. The molecule has 1 fully saturated rings. The number of piperidine rings is 1. The molecule has 196 valence electrons. The Bertz CT molecular complexity index is 1410. The van der Waals surface area contributed by atoms with Crippen molar-refractivity contribution in [3.8, 4) is 0 Å². The minimum Gasteiger partial charge on any atom is -0.369 e. The van der Waals surface area contributed by atoms with Crippen LogP contribution in [0.15, 0.2) is 73.1 Å². The molecule has 1 aliphatic heterocycles. The van der Waals surface area contributed by atoms with E-state index in [1.54, 1.807) is 6.33 Å². The zero-order chi connectivity index (χ0) is 26.6. The first-order valence-corrected chi connectivity index (χ1v) is 14.3. The number of hydrogen-bond acceptors (Lipinski definition) is 5. The molecule has 5 rings (SSSR count). The number of halogens is 2. The highest BCUT2D eigenvalue weighted by Crippen LogP contribution is 2.35. The van der Waals surface area contributed by atoms with Gasteiger partial charge in [-0.15, -0.1) is 0 Å². The topological polar surface area (TPSA) is 101 Å². The lowest BCUT2D eigenvalue weighted by atomic mass is 9.84. The molecule has 1 aliphatic rings. The highest BCUT2D eigenvalue weighted by atomic mass is 35.5. The van der Waals surface area contributed by atoms with Crippen molar-refractivity contribution in [2.45, 2.75) is 24.8 Å². The van der Waals surface area contributed by atoms with E-state index in [9.17, 15) is 9.00 Å². The van der Waals surface area contributed by atoms with Crippen LogP contribution in [-0.2, 0) is 15.8 Å². The van der Waals surface area contributed by atoms with E-state index in [0.29, 0.717) is 23.1 Å². The van der Waals surface area contributed by atoms with Crippen molar-refractivity contribution >= 4 is 56.8 Å². The molecule has 3 N–H and O–H groups in total. The van der Waals surface area contributed by atoms with Crippen LogP contribution >= 0.6 is 23.2 Å². The Labute approximate surface area is 234 Å². The molecule has 7 nitrogen and oxygen atoms in total. The van der Waals surface area contributed by atoms with E-state index >= 15 is 0 Å². The van der Waals surface area contributed by atoms with Gasteiger partial charge in [0, 0.05) is 40.5 Å². The Morgan fingerprint density at radius 2 is 1.53 bits per heavy atom. The normalized spacial score (nSPS) is 15.6. The fraction of sp³-hybridized carbons (Fsp3) is 0.250. The molecule has 0 radical (unpaired) electrons. The first kappa shape index (κ1) is 26.6. The van der Waals surface area contributed by atoms with Crippen LogP contribution in [0.2, 0.25) is 10.0 Å². The predicted molar refractivity (Wildman–Crippen MR) is 154 cm³/mol. The molecule has 0 spiro atoms. The molecular formula is C28H27Cl2N5O2S. The number of anilines is 1. The lowest BCUT2D eigenvalue weighted by molar-refractivity contribution is -0.115. The van der Waals surface area contributed by atoms with Crippen LogP contribution in [0.25, 0.3) is 10.9 Å². The third-order valence-corrected chi connectivity index (χ3v) is 8.72. The summed E-state index contributed by atoms with van der Waals surface area (Å²) in [7, 11) is -1.38. The van der Waals surface area contributed by atoms with E-state index < -0.39 is 16.9 Å². The molecule has 38 heavy (non-hydrogen) atoms. The molecule has 1 unspecified atom stereocenters. The van der Waals surface area contributed by atoms with E-state index in [0.717, 1.165) is 46.3 Å². The number of nitrogens with one attached hydrogen (secondary N) is 1. The number of benzene rings is 3. The first-order valence-electron chi connectivity index (χ1n) is 12.3. The van der Waals surface area contributed by atoms with Gasteiger partial charge in [0.1, 0.15) is 28.9 Å². The maximum absolute atomic E-state index is 12.3. The standard InChI is InChI=1S/C28H27Cl2N5O2S/c29-21-6-1-18(2-7-21)27(19-3-8-22(30)9-4-19)20-5-10-25-24(15-20)28(33-17-32-25)34-23-11-13-35(14-12-23)38(37)16-26(31)36/h1-10,15,17,23,27H,11-14,16H2,(H2,31,36)(H,32,33,34). The van der Waals surface area contributed by atoms with Crippen LogP contribution < -0.4 is 11.1 Å². The number of nitrogens with two attached hydrogens (primary N) is 1. The second-order valence-electron chi connectivity index (χ2n) is 9.31. The molecule has 0 saturated carbocycles. The lowest BCUT2D eigenvalue weighted by Crippen LogP contribution is -2.42. The van der Waals surface area contributed by atoms with Crippen molar-refractivity contribution < 1.29 is 9.00 Å². The SMILES string of the molecule is NC(=O)CS(=O)N1CCC(Nc2ncnc3ccc(C(c4ccc(Cl)cc4)c4ccc(Cl)cc4)cc23)CC1. The summed E-state index contributed by atoms with van der Waals surface area (Å²) in [5.74, 6) is 0.0344. The molecular weight excluding hydrogens is 541 g/mol. The van der Waals surface area contributed by atoms with Gasteiger partial charge in [-0.25, -0.2) is 18.5 Å². The Balaban J connectivity index is 1.44. The largest absolute Gasteiger partial charge is 0.369 e. The second-order valence-corrected chi connectivity index (χ2v) is 11.6. The zero-order valence-electron chi connectivity index (χ0n) is 20.5. The smallest absolute Gasteiger partial charge is 0.231 e. The molecule has 1 amide bonds. The van der Waals surface area contributed by atoms with Crippen molar-refractivity contribution in [3.63, 3.8) is 0 Å². The van der Waals surface area contributed by atoms with Gasteiger partial charge in [-0.3, -0.25) is 4.79 Å². The summed E-state index contributed by atoms with van der Waals surface area (Å²) >= 11 is 12.4. The first-order chi connectivity index (χ1) is 18.4. The van der Waals surface area contributed by atoms with Gasteiger partial charge >= 0.3 is 0 Å². The Morgan fingerprint density at radius 3 is 2.11 bits per heavy atom. The molecule has 1 atom stereocenters. The fourth-order valence-electron chi connectivity index (χ4n) is 4.87. The number of rotatable bonds is 8. The highest BCUT2D eigenvalue weighted by Gasteiger charge is 2.25. The van der Waals surface area contributed by atoms with E-state index in [4.69, 9.17) is 28.9 Å². The van der Waals surface area contributed by atoms with Gasteiger partial charge < -0.3 is 11.1 Å². The average Bonchev–Trinajstić information content (AvgIpc) is 2.91. The summed E-state index contributed by atoms with van der Waals surface area (Å²) in [5, 5.41) is 5.88. The number of carbonyl (C=O) groups is 1. The van der Waals surface area contributed by atoms with Gasteiger partial charge in [-0.1, -0.05) is 53.5 Å². The van der Waals surface area contributed by atoms with Crippen LogP contribution in [0.1, 0.15) is 35.4 Å². The lowest BCUT2D eigenvalue weighted by Gasteiger charge is -2.31. The van der Waals surface area contributed by atoms with Gasteiger partial charge in [0.05, 0.1) is 5.52 Å². The van der Waals surface area contributed by atoms with Gasteiger partial charge in [-0.2, -0.15) is 0 Å².